The van der Waals surface area contributed by atoms with Gasteiger partial charge in [0, 0.05) is 49.9 Å². The fourth-order valence-corrected chi connectivity index (χ4v) is 2.85. The third-order valence-corrected chi connectivity index (χ3v) is 4.00. The van der Waals surface area contributed by atoms with Crippen molar-refractivity contribution in [3.05, 3.63) is 33.9 Å². The number of phenols is 1. The van der Waals surface area contributed by atoms with Crippen LogP contribution in [0.1, 0.15) is 37.8 Å². The lowest BCUT2D eigenvalue weighted by Gasteiger charge is -2.35. The van der Waals surface area contributed by atoms with E-state index in [4.69, 9.17) is 0 Å². The van der Waals surface area contributed by atoms with Crippen LogP contribution in [-0.2, 0) is 0 Å². The highest BCUT2D eigenvalue weighted by molar-refractivity contribution is 5.85. The summed E-state index contributed by atoms with van der Waals surface area (Å²) in [5, 5.41) is 24.4. The molecule has 0 radical (unpaired) electrons. The third-order valence-electron chi connectivity index (χ3n) is 4.00. The molecule has 0 saturated carbocycles. The molecule has 1 saturated heterocycles. The summed E-state index contributed by atoms with van der Waals surface area (Å²) >= 11 is 0. The molecule has 0 unspecified atom stereocenters. The predicted molar refractivity (Wildman–Crippen MR) is 96.0 cm³/mol. The number of hydrogen-bond acceptors (Lipinski definition) is 5. The Morgan fingerprint density at radius 1 is 1.35 bits per heavy atom. The van der Waals surface area contributed by atoms with Crippen molar-refractivity contribution in [2.45, 2.75) is 32.2 Å². The number of nitro groups is 1. The first-order valence-corrected chi connectivity index (χ1v) is 7.55. The number of halogens is 2. The van der Waals surface area contributed by atoms with Crippen LogP contribution >= 0.6 is 24.8 Å². The van der Waals surface area contributed by atoms with E-state index in [0.717, 1.165) is 45.4 Å². The third kappa shape index (κ3) is 5.80. The van der Waals surface area contributed by atoms with Crippen LogP contribution in [0.25, 0.3) is 0 Å². The lowest BCUT2D eigenvalue weighted by atomic mass is 9.97. The normalized spacial score (nSPS) is 16.0. The Balaban J connectivity index is 0.00000242. The van der Waals surface area contributed by atoms with Gasteiger partial charge in [0.2, 0.25) is 0 Å². The molecule has 1 atom stereocenters. The number of nitro benzene ring substituents is 1. The van der Waals surface area contributed by atoms with Gasteiger partial charge in [-0.2, -0.15) is 0 Å². The maximum atomic E-state index is 11.0. The van der Waals surface area contributed by atoms with E-state index < -0.39 is 4.92 Å². The van der Waals surface area contributed by atoms with Gasteiger partial charge in [0.25, 0.3) is 5.69 Å². The smallest absolute Gasteiger partial charge is 0.270 e. The van der Waals surface area contributed by atoms with E-state index >= 15 is 0 Å². The molecule has 2 rings (SSSR count). The van der Waals surface area contributed by atoms with Gasteiger partial charge in [0.15, 0.2) is 0 Å². The first-order chi connectivity index (χ1) is 10.1. The van der Waals surface area contributed by atoms with Crippen LogP contribution in [0.3, 0.4) is 0 Å². The SMILES string of the molecule is CCCC[C@@H](c1cc([N+](=O)[O-])ccc1O)N1CCNCC1.Cl.Cl. The van der Waals surface area contributed by atoms with Gasteiger partial charge < -0.3 is 10.4 Å². The topological polar surface area (TPSA) is 78.6 Å². The van der Waals surface area contributed by atoms with Crippen molar-refractivity contribution < 1.29 is 10.0 Å². The van der Waals surface area contributed by atoms with Gasteiger partial charge in [-0.15, -0.1) is 24.8 Å². The van der Waals surface area contributed by atoms with Crippen molar-refractivity contribution in [2.24, 2.45) is 0 Å². The van der Waals surface area contributed by atoms with Crippen LogP contribution in [-0.4, -0.2) is 41.1 Å². The number of hydrogen-bond donors (Lipinski definition) is 2. The van der Waals surface area contributed by atoms with Crippen molar-refractivity contribution in [1.29, 1.82) is 0 Å². The summed E-state index contributed by atoms with van der Waals surface area (Å²) in [6.45, 7) is 5.76. The minimum absolute atomic E-state index is 0. The molecule has 0 aromatic heterocycles. The molecule has 1 aromatic carbocycles. The van der Waals surface area contributed by atoms with E-state index in [1.54, 1.807) is 0 Å². The first kappa shape index (κ1) is 21.9. The summed E-state index contributed by atoms with van der Waals surface area (Å²) in [6.07, 6.45) is 3.01. The average Bonchev–Trinajstić information content (AvgIpc) is 2.50. The monoisotopic (exact) mass is 365 g/mol. The quantitative estimate of drug-likeness (QED) is 0.597. The molecular weight excluding hydrogens is 341 g/mol. The molecule has 0 aliphatic carbocycles. The van der Waals surface area contributed by atoms with Gasteiger partial charge >= 0.3 is 0 Å². The molecular formula is C15H25Cl2N3O3. The van der Waals surface area contributed by atoms with E-state index in [-0.39, 0.29) is 42.3 Å². The maximum Gasteiger partial charge on any atom is 0.270 e. The molecule has 2 N–H and O–H groups in total. The number of unbranched alkanes of at least 4 members (excludes halogenated alkanes) is 1. The van der Waals surface area contributed by atoms with Crippen LogP contribution in [0, 0.1) is 10.1 Å². The number of benzene rings is 1. The largest absolute Gasteiger partial charge is 0.508 e. The molecule has 0 amide bonds. The van der Waals surface area contributed by atoms with Crippen molar-refractivity contribution >= 4 is 30.5 Å². The molecule has 23 heavy (non-hydrogen) atoms. The highest BCUT2D eigenvalue weighted by atomic mass is 35.5. The molecule has 1 heterocycles. The van der Waals surface area contributed by atoms with E-state index in [1.165, 1.54) is 18.2 Å². The molecule has 0 spiro atoms. The van der Waals surface area contributed by atoms with Crippen LogP contribution in [0.4, 0.5) is 5.69 Å². The minimum Gasteiger partial charge on any atom is -0.508 e. The van der Waals surface area contributed by atoms with Gasteiger partial charge in [-0.3, -0.25) is 15.0 Å². The summed E-state index contributed by atoms with van der Waals surface area (Å²) in [6, 6.07) is 4.37. The number of piperazine rings is 1. The lowest BCUT2D eigenvalue weighted by molar-refractivity contribution is -0.385. The lowest BCUT2D eigenvalue weighted by Crippen LogP contribution is -2.45. The first-order valence-electron chi connectivity index (χ1n) is 7.55. The number of nitrogens with zero attached hydrogens (tertiary/aromatic N) is 2. The van der Waals surface area contributed by atoms with Crippen LogP contribution < -0.4 is 5.32 Å². The van der Waals surface area contributed by atoms with Crippen LogP contribution in [0.15, 0.2) is 18.2 Å². The zero-order valence-electron chi connectivity index (χ0n) is 13.2. The Bertz CT molecular complexity index is 497. The summed E-state index contributed by atoms with van der Waals surface area (Å²) in [5.41, 5.74) is 0.721. The zero-order valence-corrected chi connectivity index (χ0v) is 14.9. The molecule has 1 aliphatic rings. The highest BCUT2D eigenvalue weighted by Crippen LogP contribution is 2.35. The summed E-state index contributed by atoms with van der Waals surface area (Å²) in [4.78, 5) is 12.9. The molecule has 6 nitrogen and oxygen atoms in total. The number of phenolic OH excluding ortho intramolecular Hbond substituents is 1. The second kappa shape index (κ2) is 10.6. The summed E-state index contributed by atoms with van der Waals surface area (Å²) in [5.74, 6) is 0.153. The Hall–Kier alpha value is -1.08. The van der Waals surface area contributed by atoms with Crippen molar-refractivity contribution in [2.75, 3.05) is 26.2 Å². The molecule has 1 aromatic rings. The van der Waals surface area contributed by atoms with Gasteiger partial charge in [0.1, 0.15) is 5.75 Å². The van der Waals surface area contributed by atoms with Crippen molar-refractivity contribution in [3.63, 3.8) is 0 Å². The molecule has 1 fully saturated rings. The number of aromatic hydroxyl groups is 1. The Kier molecular flexibility index (Phi) is 10.1. The predicted octanol–water partition coefficient (Wildman–Crippen LogP) is 3.28. The van der Waals surface area contributed by atoms with E-state index in [0.29, 0.717) is 5.56 Å². The standard InChI is InChI=1S/C15H23N3O3.2ClH/c1-2-3-4-14(17-9-7-16-8-10-17)13-11-12(18(20)21)5-6-15(13)19;;/h5-6,11,14,16,19H,2-4,7-10H2,1H3;2*1H/t14-;;/m0../s1. The Morgan fingerprint density at radius 3 is 2.57 bits per heavy atom. The van der Waals surface area contributed by atoms with Gasteiger partial charge in [-0.05, 0) is 12.5 Å². The number of rotatable bonds is 6. The summed E-state index contributed by atoms with van der Waals surface area (Å²) in [7, 11) is 0. The second-order valence-corrected chi connectivity index (χ2v) is 5.44. The minimum atomic E-state index is -0.405. The van der Waals surface area contributed by atoms with Gasteiger partial charge in [-0.25, -0.2) is 0 Å². The van der Waals surface area contributed by atoms with Crippen LogP contribution in [0.5, 0.6) is 5.75 Å². The van der Waals surface area contributed by atoms with Crippen molar-refractivity contribution in [3.8, 4) is 5.75 Å². The molecule has 132 valence electrons. The fraction of sp³-hybridized carbons (Fsp3) is 0.600. The van der Waals surface area contributed by atoms with Gasteiger partial charge in [0.05, 0.1) is 4.92 Å². The molecule has 1 aliphatic heterocycles. The van der Waals surface area contributed by atoms with E-state index in [1.807, 2.05) is 0 Å². The fourth-order valence-electron chi connectivity index (χ4n) is 2.85. The highest BCUT2D eigenvalue weighted by Gasteiger charge is 2.25. The Morgan fingerprint density at radius 2 is 2.00 bits per heavy atom. The van der Waals surface area contributed by atoms with E-state index in [2.05, 4.69) is 17.1 Å². The second-order valence-electron chi connectivity index (χ2n) is 5.44. The van der Waals surface area contributed by atoms with Crippen LogP contribution in [0.2, 0.25) is 0 Å². The zero-order chi connectivity index (χ0) is 15.2. The summed E-state index contributed by atoms with van der Waals surface area (Å²) < 4.78 is 0. The molecule has 0 bridgehead atoms. The number of non-ortho nitro benzene ring substituents is 1. The molecule has 8 heteroatoms. The average molecular weight is 366 g/mol. The Labute approximate surface area is 149 Å². The number of nitrogens with one attached hydrogen (secondary N) is 1. The van der Waals surface area contributed by atoms with E-state index in [9.17, 15) is 15.2 Å². The van der Waals surface area contributed by atoms with Crippen molar-refractivity contribution in [1.82, 2.24) is 10.2 Å². The maximum absolute atomic E-state index is 11.0. The van der Waals surface area contributed by atoms with Gasteiger partial charge in [-0.1, -0.05) is 19.8 Å².